The van der Waals surface area contributed by atoms with Crippen molar-refractivity contribution in [2.45, 2.75) is 37.8 Å². The highest BCUT2D eigenvalue weighted by Crippen LogP contribution is 2.28. The van der Waals surface area contributed by atoms with Crippen LogP contribution in [0.3, 0.4) is 0 Å². The Labute approximate surface area is 113 Å². The van der Waals surface area contributed by atoms with Gasteiger partial charge in [0.25, 0.3) is 0 Å². The second-order valence-corrected chi connectivity index (χ2v) is 5.61. The summed E-state index contributed by atoms with van der Waals surface area (Å²) in [7, 11) is 0. The van der Waals surface area contributed by atoms with Gasteiger partial charge in [0.15, 0.2) is 0 Å². The van der Waals surface area contributed by atoms with Crippen LogP contribution in [-0.2, 0) is 0 Å². The van der Waals surface area contributed by atoms with Gasteiger partial charge in [-0.15, -0.1) is 0 Å². The van der Waals surface area contributed by atoms with Crippen LogP contribution in [0.2, 0.25) is 0 Å². The number of hydrogen-bond donors (Lipinski definition) is 1. The molecule has 19 heavy (non-hydrogen) atoms. The second-order valence-electron chi connectivity index (χ2n) is 5.61. The van der Waals surface area contributed by atoms with Gasteiger partial charge in [-0.2, -0.15) is 0 Å². The topological polar surface area (TPSA) is 24.4 Å². The van der Waals surface area contributed by atoms with Gasteiger partial charge in [-0.3, -0.25) is 4.99 Å². The summed E-state index contributed by atoms with van der Waals surface area (Å²) in [6.45, 7) is 0. The Morgan fingerprint density at radius 1 is 0.947 bits per heavy atom. The van der Waals surface area contributed by atoms with Crippen LogP contribution >= 0.6 is 0 Å². The molecule has 96 valence electrons. The molecule has 2 aliphatic rings. The normalized spacial score (nSPS) is 25.8. The van der Waals surface area contributed by atoms with Gasteiger partial charge < -0.3 is 5.32 Å². The quantitative estimate of drug-likeness (QED) is 0.823. The lowest BCUT2D eigenvalue weighted by atomic mass is 9.92. The Morgan fingerprint density at radius 3 is 2.74 bits per heavy atom. The summed E-state index contributed by atoms with van der Waals surface area (Å²) in [4.78, 5) is 4.94. The molecule has 1 N–H and O–H groups in total. The van der Waals surface area contributed by atoms with Gasteiger partial charge >= 0.3 is 0 Å². The molecule has 0 amide bonds. The van der Waals surface area contributed by atoms with Crippen LogP contribution in [0.25, 0.3) is 10.8 Å². The first-order valence-electron chi connectivity index (χ1n) is 7.24. The van der Waals surface area contributed by atoms with E-state index < -0.39 is 0 Å². The Morgan fingerprint density at radius 2 is 1.79 bits per heavy atom. The monoisotopic (exact) mass is 250 g/mol. The van der Waals surface area contributed by atoms with Crippen molar-refractivity contribution in [3.8, 4) is 0 Å². The third kappa shape index (κ3) is 1.83. The van der Waals surface area contributed by atoms with Crippen LogP contribution in [0, 0.1) is 0 Å². The minimum absolute atomic E-state index is 0.503. The summed E-state index contributed by atoms with van der Waals surface area (Å²) >= 11 is 0. The number of amidine groups is 1. The molecule has 1 saturated carbocycles. The van der Waals surface area contributed by atoms with E-state index >= 15 is 0 Å². The number of fused-ring (bicyclic) bond motifs is 2. The van der Waals surface area contributed by atoms with Crippen molar-refractivity contribution >= 4 is 16.6 Å². The largest absolute Gasteiger partial charge is 0.365 e. The first-order chi connectivity index (χ1) is 9.42. The smallest absolute Gasteiger partial charge is 0.129 e. The van der Waals surface area contributed by atoms with E-state index in [-0.39, 0.29) is 0 Å². The molecule has 0 aromatic heterocycles. The SMILES string of the molecule is c1ccc2c(C3=N[C@H]4CCCC[C@@H]4N3)cccc2c1. The van der Waals surface area contributed by atoms with Gasteiger partial charge in [0.2, 0.25) is 0 Å². The molecule has 1 heterocycles. The van der Waals surface area contributed by atoms with Crippen molar-refractivity contribution in [3.63, 3.8) is 0 Å². The molecule has 2 heteroatoms. The van der Waals surface area contributed by atoms with Gasteiger partial charge in [0.1, 0.15) is 5.84 Å². The van der Waals surface area contributed by atoms with E-state index in [1.54, 1.807) is 0 Å². The highest BCUT2D eigenvalue weighted by atomic mass is 15.1. The van der Waals surface area contributed by atoms with E-state index in [1.807, 2.05) is 0 Å². The molecule has 0 spiro atoms. The van der Waals surface area contributed by atoms with Gasteiger partial charge in [-0.05, 0) is 23.6 Å². The van der Waals surface area contributed by atoms with E-state index in [2.05, 4.69) is 47.8 Å². The lowest BCUT2D eigenvalue weighted by Crippen LogP contribution is -2.37. The third-order valence-electron chi connectivity index (χ3n) is 4.39. The summed E-state index contributed by atoms with van der Waals surface area (Å²) < 4.78 is 0. The molecule has 4 rings (SSSR count). The van der Waals surface area contributed by atoms with Crippen molar-refractivity contribution in [2.24, 2.45) is 4.99 Å². The van der Waals surface area contributed by atoms with Gasteiger partial charge in [0, 0.05) is 11.6 Å². The molecular formula is C17H18N2. The van der Waals surface area contributed by atoms with E-state index in [9.17, 15) is 0 Å². The van der Waals surface area contributed by atoms with Gasteiger partial charge in [-0.25, -0.2) is 0 Å². The zero-order valence-corrected chi connectivity index (χ0v) is 11.0. The maximum atomic E-state index is 4.94. The number of nitrogens with one attached hydrogen (secondary N) is 1. The van der Waals surface area contributed by atoms with E-state index in [0.29, 0.717) is 12.1 Å². The fraction of sp³-hybridized carbons (Fsp3) is 0.353. The summed E-state index contributed by atoms with van der Waals surface area (Å²) in [6.07, 6.45) is 5.18. The number of hydrogen-bond acceptors (Lipinski definition) is 2. The zero-order chi connectivity index (χ0) is 12.7. The highest BCUT2D eigenvalue weighted by Gasteiger charge is 2.31. The van der Waals surface area contributed by atoms with Crippen LogP contribution in [0.5, 0.6) is 0 Å². The van der Waals surface area contributed by atoms with Crippen molar-refractivity contribution in [1.82, 2.24) is 5.32 Å². The van der Waals surface area contributed by atoms with Crippen LogP contribution in [0.15, 0.2) is 47.5 Å². The maximum Gasteiger partial charge on any atom is 0.129 e. The molecule has 1 aliphatic carbocycles. The number of benzene rings is 2. The second kappa shape index (κ2) is 4.37. The molecule has 1 aliphatic heterocycles. The van der Waals surface area contributed by atoms with Crippen LogP contribution < -0.4 is 5.32 Å². The summed E-state index contributed by atoms with van der Waals surface area (Å²) in [5, 5.41) is 6.24. The maximum absolute atomic E-state index is 4.94. The lowest BCUT2D eigenvalue weighted by molar-refractivity contribution is 0.385. The van der Waals surface area contributed by atoms with Crippen LogP contribution in [0.4, 0.5) is 0 Å². The molecule has 1 fully saturated rings. The molecular weight excluding hydrogens is 232 g/mol. The molecule has 0 bridgehead atoms. The van der Waals surface area contributed by atoms with E-state index in [1.165, 1.54) is 42.0 Å². The molecule has 2 atom stereocenters. The predicted molar refractivity (Wildman–Crippen MR) is 79.7 cm³/mol. The van der Waals surface area contributed by atoms with Gasteiger partial charge in [-0.1, -0.05) is 55.3 Å². The van der Waals surface area contributed by atoms with Crippen LogP contribution in [-0.4, -0.2) is 17.9 Å². The van der Waals surface area contributed by atoms with Crippen molar-refractivity contribution in [2.75, 3.05) is 0 Å². The number of aliphatic imine (C=N–C) groups is 1. The van der Waals surface area contributed by atoms with Crippen LogP contribution in [0.1, 0.15) is 31.2 Å². The molecule has 2 aromatic carbocycles. The lowest BCUT2D eigenvalue weighted by Gasteiger charge is -2.23. The first-order valence-corrected chi connectivity index (χ1v) is 7.24. The van der Waals surface area contributed by atoms with E-state index in [0.717, 1.165) is 5.84 Å². The number of nitrogens with zero attached hydrogens (tertiary/aromatic N) is 1. The molecule has 0 radical (unpaired) electrons. The Balaban J connectivity index is 1.79. The average molecular weight is 250 g/mol. The zero-order valence-electron chi connectivity index (χ0n) is 11.0. The standard InChI is InChI=1S/C17H18N2/c1-2-8-13-12(6-1)7-5-9-14(13)17-18-15-10-3-4-11-16(15)19-17/h1-2,5-9,15-16H,3-4,10-11H2,(H,18,19)/t15-,16-/m0/s1. The average Bonchev–Trinajstić information content (AvgIpc) is 2.90. The summed E-state index contributed by atoms with van der Waals surface area (Å²) in [5.74, 6) is 1.11. The van der Waals surface area contributed by atoms with Gasteiger partial charge in [0.05, 0.1) is 6.04 Å². The third-order valence-corrected chi connectivity index (χ3v) is 4.39. The predicted octanol–water partition coefficient (Wildman–Crippen LogP) is 3.50. The fourth-order valence-corrected chi connectivity index (χ4v) is 3.39. The minimum Gasteiger partial charge on any atom is -0.365 e. The first kappa shape index (κ1) is 11.0. The molecule has 2 nitrogen and oxygen atoms in total. The summed E-state index contributed by atoms with van der Waals surface area (Å²) in [6, 6.07) is 16.1. The highest BCUT2D eigenvalue weighted by molar-refractivity contribution is 6.10. The Kier molecular flexibility index (Phi) is 2.54. The van der Waals surface area contributed by atoms with Crippen molar-refractivity contribution in [3.05, 3.63) is 48.0 Å². The Hall–Kier alpha value is -1.83. The van der Waals surface area contributed by atoms with E-state index in [4.69, 9.17) is 4.99 Å². The molecule has 0 saturated heterocycles. The summed E-state index contributed by atoms with van der Waals surface area (Å²) in [5.41, 5.74) is 1.26. The number of rotatable bonds is 1. The molecule has 2 aromatic rings. The fourth-order valence-electron chi connectivity index (χ4n) is 3.39. The van der Waals surface area contributed by atoms with Crippen molar-refractivity contribution < 1.29 is 0 Å². The minimum atomic E-state index is 0.503. The van der Waals surface area contributed by atoms with Crippen molar-refractivity contribution in [1.29, 1.82) is 0 Å². The Bertz CT molecular complexity index is 639. The molecule has 0 unspecified atom stereocenters.